The van der Waals surface area contributed by atoms with Crippen molar-refractivity contribution in [2.24, 2.45) is 0 Å². The van der Waals surface area contributed by atoms with E-state index < -0.39 is 5.97 Å². The summed E-state index contributed by atoms with van der Waals surface area (Å²) < 4.78 is 0. The molecule has 0 radical (unpaired) electrons. The molecule has 0 amide bonds. The highest BCUT2D eigenvalue weighted by Gasteiger charge is 2.09. The Hall–Kier alpha value is -3.07. The fourth-order valence-electron chi connectivity index (χ4n) is 2.46. The summed E-state index contributed by atoms with van der Waals surface area (Å²) in [4.78, 5) is 11.0. The van der Waals surface area contributed by atoms with Crippen LogP contribution in [0, 0.1) is 0 Å². The largest absolute Gasteiger partial charge is 0.478 e. The number of nitrogens with two attached hydrogens (primary N) is 1. The molecule has 0 saturated heterocycles. The number of carboxylic acids is 1. The van der Waals surface area contributed by atoms with Crippen molar-refractivity contribution >= 4 is 11.7 Å². The highest BCUT2D eigenvalue weighted by molar-refractivity contribution is 5.90. The molecule has 108 valence electrons. The van der Waals surface area contributed by atoms with Crippen molar-refractivity contribution in [3.8, 4) is 22.3 Å². The monoisotopic (exact) mass is 289 g/mol. The zero-order valence-electron chi connectivity index (χ0n) is 11.9. The van der Waals surface area contributed by atoms with Crippen molar-refractivity contribution in [2.45, 2.75) is 0 Å². The molecular weight excluding hydrogens is 274 g/mol. The molecule has 3 N–H and O–H groups in total. The van der Waals surface area contributed by atoms with E-state index in [0.29, 0.717) is 5.69 Å². The molecule has 0 unspecified atom stereocenters. The minimum absolute atomic E-state index is 0.278. The van der Waals surface area contributed by atoms with Gasteiger partial charge in [-0.25, -0.2) is 4.79 Å². The van der Waals surface area contributed by atoms with Crippen molar-refractivity contribution < 1.29 is 9.90 Å². The van der Waals surface area contributed by atoms with Crippen molar-refractivity contribution in [1.82, 2.24) is 0 Å². The van der Waals surface area contributed by atoms with E-state index in [1.807, 2.05) is 60.7 Å². The summed E-state index contributed by atoms with van der Waals surface area (Å²) in [6.45, 7) is 0. The van der Waals surface area contributed by atoms with Gasteiger partial charge in [0.15, 0.2) is 0 Å². The van der Waals surface area contributed by atoms with Gasteiger partial charge in [0.05, 0.1) is 5.56 Å². The van der Waals surface area contributed by atoms with Gasteiger partial charge in [-0.3, -0.25) is 0 Å². The summed E-state index contributed by atoms with van der Waals surface area (Å²) in [6.07, 6.45) is 0. The molecular formula is C19H15NO2. The molecule has 22 heavy (non-hydrogen) atoms. The average molecular weight is 289 g/mol. The molecule has 0 aliphatic heterocycles. The van der Waals surface area contributed by atoms with Crippen LogP contribution in [0.15, 0.2) is 72.8 Å². The van der Waals surface area contributed by atoms with Gasteiger partial charge >= 0.3 is 5.97 Å². The molecule has 0 spiro atoms. The maximum absolute atomic E-state index is 11.0. The first-order chi connectivity index (χ1) is 10.6. The average Bonchev–Trinajstić information content (AvgIpc) is 2.56. The molecule has 0 bridgehead atoms. The zero-order valence-corrected chi connectivity index (χ0v) is 11.9. The van der Waals surface area contributed by atoms with E-state index in [-0.39, 0.29) is 5.56 Å². The van der Waals surface area contributed by atoms with Gasteiger partial charge in [0.2, 0.25) is 0 Å². The van der Waals surface area contributed by atoms with Crippen LogP contribution in [-0.2, 0) is 0 Å². The number of nitrogen functional groups attached to an aromatic ring is 1. The quantitative estimate of drug-likeness (QED) is 0.706. The third-order valence-electron chi connectivity index (χ3n) is 3.57. The molecule has 0 heterocycles. The second-order valence-corrected chi connectivity index (χ2v) is 5.05. The molecule has 3 aromatic carbocycles. The first-order valence-corrected chi connectivity index (χ1v) is 6.94. The lowest BCUT2D eigenvalue weighted by Crippen LogP contribution is -1.95. The molecule has 0 atom stereocenters. The second kappa shape index (κ2) is 5.74. The van der Waals surface area contributed by atoms with Crippen LogP contribution in [0.3, 0.4) is 0 Å². The van der Waals surface area contributed by atoms with Crippen molar-refractivity contribution in [2.75, 3.05) is 5.73 Å². The molecule has 3 aromatic rings. The summed E-state index contributed by atoms with van der Waals surface area (Å²) >= 11 is 0. The molecule has 0 saturated carbocycles. The topological polar surface area (TPSA) is 63.3 Å². The number of hydrogen-bond donors (Lipinski definition) is 2. The third-order valence-corrected chi connectivity index (χ3v) is 3.57. The Kier molecular flexibility index (Phi) is 3.62. The number of anilines is 1. The fourth-order valence-corrected chi connectivity index (χ4v) is 2.46. The third kappa shape index (κ3) is 2.69. The lowest BCUT2D eigenvalue weighted by Gasteiger charge is -2.11. The predicted octanol–water partition coefficient (Wildman–Crippen LogP) is 4.30. The summed E-state index contributed by atoms with van der Waals surface area (Å²) in [5.74, 6) is -0.924. The smallest absolute Gasteiger partial charge is 0.335 e. The van der Waals surface area contributed by atoms with Crippen LogP contribution in [0.5, 0.6) is 0 Å². The van der Waals surface area contributed by atoms with E-state index in [1.165, 1.54) is 0 Å². The zero-order chi connectivity index (χ0) is 15.5. The fraction of sp³-hybridized carbons (Fsp3) is 0. The summed E-state index contributed by atoms with van der Waals surface area (Å²) in [6, 6.07) is 22.6. The first-order valence-electron chi connectivity index (χ1n) is 6.94. The predicted molar refractivity (Wildman–Crippen MR) is 88.7 cm³/mol. The van der Waals surface area contributed by atoms with Gasteiger partial charge < -0.3 is 10.8 Å². The van der Waals surface area contributed by atoms with E-state index in [0.717, 1.165) is 22.3 Å². The van der Waals surface area contributed by atoms with Gasteiger partial charge in [0.25, 0.3) is 0 Å². The maximum Gasteiger partial charge on any atom is 0.335 e. The van der Waals surface area contributed by atoms with Crippen LogP contribution >= 0.6 is 0 Å². The molecule has 0 aliphatic rings. The standard InChI is InChI=1S/C19H15NO2/c20-16-10-11-17(14-6-8-15(9-7-14)19(21)22)18(12-16)13-4-2-1-3-5-13/h1-12H,20H2,(H,21,22). The summed E-state index contributed by atoms with van der Waals surface area (Å²) in [5.41, 5.74) is 11.0. The lowest BCUT2D eigenvalue weighted by atomic mass is 9.93. The highest BCUT2D eigenvalue weighted by atomic mass is 16.4. The summed E-state index contributed by atoms with van der Waals surface area (Å²) in [7, 11) is 0. The van der Waals surface area contributed by atoms with E-state index in [4.69, 9.17) is 10.8 Å². The molecule has 0 aromatic heterocycles. The summed E-state index contributed by atoms with van der Waals surface area (Å²) in [5, 5.41) is 9.00. The Bertz CT molecular complexity index is 809. The number of aromatic carboxylic acids is 1. The lowest BCUT2D eigenvalue weighted by molar-refractivity contribution is 0.0697. The molecule has 0 aliphatic carbocycles. The SMILES string of the molecule is Nc1ccc(-c2ccc(C(=O)O)cc2)c(-c2ccccc2)c1. The number of carbonyl (C=O) groups is 1. The van der Waals surface area contributed by atoms with E-state index >= 15 is 0 Å². The van der Waals surface area contributed by atoms with Gasteiger partial charge in [-0.05, 0) is 46.5 Å². The number of rotatable bonds is 3. The van der Waals surface area contributed by atoms with E-state index in [1.54, 1.807) is 12.1 Å². The van der Waals surface area contributed by atoms with Crippen LogP contribution < -0.4 is 5.73 Å². The number of hydrogen-bond acceptors (Lipinski definition) is 2. The normalized spacial score (nSPS) is 10.4. The Morgan fingerprint density at radius 3 is 2.05 bits per heavy atom. The van der Waals surface area contributed by atoms with Crippen LogP contribution in [0.2, 0.25) is 0 Å². The Labute approximate surface area is 128 Å². The minimum Gasteiger partial charge on any atom is -0.478 e. The van der Waals surface area contributed by atoms with Gasteiger partial charge in [-0.1, -0.05) is 48.5 Å². The van der Waals surface area contributed by atoms with Crippen LogP contribution in [0.4, 0.5) is 5.69 Å². The van der Waals surface area contributed by atoms with Crippen molar-refractivity contribution in [1.29, 1.82) is 0 Å². The van der Waals surface area contributed by atoms with Crippen molar-refractivity contribution in [3.05, 3.63) is 78.4 Å². The Balaban J connectivity index is 2.13. The maximum atomic E-state index is 11.0. The van der Waals surface area contributed by atoms with Crippen LogP contribution in [0.1, 0.15) is 10.4 Å². The van der Waals surface area contributed by atoms with Gasteiger partial charge in [-0.15, -0.1) is 0 Å². The molecule has 3 rings (SSSR count). The van der Waals surface area contributed by atoms with Gasteiger partial charge in [0, 0.05) is 5.69 Å². The van der Waals surface area contributed by atoms with Crippen molar-refractivity contribution in [3.63, 3.8) is 0 Å². The molecule has 0 fully saturated rings. The van der Waals surface area contributed by atoms with Crippen LogP contribution in [0.25, 0.3) is 22.3 Å². The van der Waals surface area contributed by atoms with Gasteiger partial charge in [-0.2, -0.15) is 0 Å². The minimum atomic E-state index is -0.924. The van der Waals surface area contributed by atoms with Gasteiger partial charge in [0.1, 0.15) is 0 Å². The highest BCUT2D eigenvalue weighted by Crippen LogP contribution is 2.33. The number of carboxylic acid groups (broad SMARTS) is 1. The first kappa shape index (κ1) is 13.9. The molecule has 3 nitrogen and oxygen atoms in total. The second-order valence-electron chi connectivity index (χ2n) is 5.05. The van der Waals surface area contributed by atoms with E-state index in [9.17, 15) is 4.79 Å². The molecule has 3 heteroatoms. The number of benzene rings is 3. The Morgan fingerprint density at radius 1 is 0.773 bits per heavy atom. The van der Waals surface area contributed by atoms with E-state index in [2.05, 4.69) is 0 Å². The van der Waals surface area contributed by atoms with Crippen LogP contribution in [-0.4, -0.2) is 11.1 Å². The Morgan fingerprint density at radius 2 is 1.41 bits per heavy atom.